The predicted molar refractivity (Wildman–Crippen MR) is 53.1 cm³/mol. The Bertz CT molecular complexity index is 188. The molecule has 0 spiro atoms. The Kier molecular flexibility index (Phi) is 4.35. The number of nitrogens with zero attached hydrogens (tertiary/aromatic N) is 1. The highest BCUT2D eigenvalue weighted by atomic mass is 16.4. The molecule has 0 bridgehead atoms. The van der Waals surface area contributed by atoms with Gasteiger partial charge in [0.2, 0.25) is 0 Å². The van der Waals surface area contributed by atoms with Crippen LogP contribution >= 0.6 is 0 Å². The Morgan fingerprint density at radius 3 is 2.57 bits per heavy atom. The first-order valence-electron chi connectivity index (χ1n) is 5.23. The third-order valence-corrected chi connectivity index (χ3v) is 2.90. The second kappa shape index (κ2) is 5.32. The van der Waals surface area contributed by atoms with Crippen molar-refractivity contribution in [1.82, 2.24) is 4.90 Å². The van der Waals surface area contributed by atoms with Gasteiger partial charge in [-0.05, 0) is 26.2 Å². The van der Waals surface area contributed by atoms with E-state index >= 15 is 0 Å². The molecule has 0 aromatic rings. The molecule has 0 saturated carbocycles. The summed E-state index contributed by atoms with van der Waals surface area (Å²) in [6.07, 6.45) is 2.42. The first-order chi connectivity index (χ1) is 6.59. The summed E-state index contributed by atoms with van der Waals surface area (Å²) in [5.41, 5.74) is 0. The van der Waals surface area contributed by atoms with Gasteiger partial charge in [-0.15, -0.1) is 0 Å². The first kappa shape index (κ1) is 11.5. The first-order valence-corrected chi connectivity index (χ1v) is 5.23. The third kappa shape index (κ3) is 3.64. The van der Waals surface area contributed by atoms with Gasteiger partial charge in [0.25, 0.3) is 0 Å². The SMILES string of the molecule is CC(CCC(=O)O)N1CCC(O)CC1. The van der Waals surface area contributed by atoms with Crippen LogP contribution in [0.2, 0.25) is 0 Å². The van der Waals surface area contributed by atoms with Crippen LogP contribution in [0.15, 0.2) is 0 Å². The van der Waals surface area contributed by atoms with Gasteiger partial charge in [0, 0.05) is 25.6 Å². The van der Waals surface area contributed by atoms with Crippen molar-refractivity contribution in [3.8, 4) is 0 Å². The summed E-state index contributed by atoms with van der Waals surface area (Å²) in [4.78, 5) is 12.6. The second-order valence-electron chi connectivity index (χ2n) is 4.05. The number of piperidine rings is 1. The van der Waals surface area contributed by atoms with Gasteiger partial charge in [0.15, 0.2) is 0 Å². The molecule has 4 heteroatoms. The highest BCUT2D eigenvalue weighted by molar-refractivity contribution is 5.66. The smallest absolute Gasteiger partial charge is 0.303 e. The number of rotatable bonds is 4. The van der Waals surface area contributed by atoms with Crippen molar-refractivity contribution >= 4 is 5.97 Å². The Hall–Kier alpha value is -0.610. The maximum Gasteiger partial charge on any atom is 0.303 e. The molecule has 2 N–H and O–H groups in total. The highest BCUT2D eigenvalue weighted by Crippen LogP contribution is 2.15. The van der Waals surface area contributed by atoms with Crippen molar-refractivity contribution in [2.45, 2.75) is 44.8 Å². The third-order valence-electron chi connectivity index (χ3n) is 2.90. The molecule has 0 aromatic heterocycles. The second-order valence-corrected chi connectivity index (χ2v) is 4.05. The number of likely N-dealkylation sites (tertiary alicyclic amines) is 1. The van der Waals surface area contributed by atoms with E-state index in [1.807, 2.05) is 0 Å². The average molecular weight is 201 g/mol. The summed E-state index contributed by atoms with van der Waals surface area (Å²) in [6.45, 7) is 3.84. The lowest BCUT2D eigenvalue weighted by Gasteiger charge is -2.34. The van der Waals surface area contributed by atoms with Crippen molar-refractivity contribution in [3.05, 3.63) is 0 Å². The minimum atomic E-state index is -0.728. The molecule has 82 valence electrons. The minimum absolute atomic E-state index is 0.155. The molecule has 1 fully saturated rings. The van der Waals surface area contributed by atoms with Gasteiger partial charge in [0.1, 0.15) is 0 Å². The quantitative estimate of drug-likeness (QED) is 0.702. The normalized spacial score (nSPS) is 22.1. The predicted octanol–water partition coefficient (Wildman–Crippen LogP) is 0.696. The number of carboxylic acids is 1. The Morgan fingerprint density at radius 2 is 2.07 bits per heavy atom. The van der Waals surface area contributed by atoms with E-state index in [9.17, 15) is 9.90 Å². The standard InChI is InChI=1S/C10H19NO3/c1-8(2-3-10(13)14)11-6-4-9(12)5-7-11/h8-9,12H,2-7H2,1H3,(H,13,14). The van der Waals surface area contributed by atoms with Crippen molar-refractivity contribution < 1.29 is 15.0 Å². The van der Waals surface area contributed by atoms with Crippen LogP contribution in [-0.4, -0.2) is 46.3 Å². The molecular formula is C10H19NO3. The molecule has 0 aromatic carbocycles. The summed E-state index contributed by atoms with van der Waals surface area (Å²) in [5, 5.41) is 17.9. The summed E-state index contributed by atoms with van der Waals surface area (Å²) in [5.74, 6) is -0.728. The zero-order chi connectivity index (χ0) is 10.6. The number of aliphatic hydroxyl groups is 1. The van der Waals surface area contributed by atoms with Crippen LogP contribution in [-0.2, 0) is 4.79 Å². The number of hydrogen-bond donors (Lipinski definition) is 2. The van der Waals surface area contributed by atoms with Gasteiger partial charge in [-0.1, -0.05) is 0 Å². The van der Waals surface area contributed by atoms with E-state index in [0.29, 0.717) is 12.5 Å². The van der Waals surface area contributed by atoms with Gasteiger partial charge in [-0.25, -0.2) is 0 Å². The number of carbonyl (C=O) groups is 1. The molecular weight excluding hydrogens is 182 g/mol. The maximum atomic E-state index is 10.4. The number of aliphatic hydroxyl groups excluding tert-OH is 1. The number of carboxylic acid groups (broad SMARTS) is 1. The van der Waals surface area contributed by atoms with Crippen molar-refractivity contribution in [1.29, 1.82) is 0 Å². The van der Waals surface area contributed by atoms with Crippen LogP contribution in [0.3, 0.4) is 0 Å². The van der Waals surface area contributed by atoms with Crippen LogP contribution in [0.25, 0.3) is 0 Å². The molecule has 0 aliphatic carbocycles. The lowest BCUT2D eigenvalue weighted by Crippen LogP contribution is -2.41. The summed E-state index contributed by atoms with van der Waals surface area (Å²) >= 11 is 0. The maximum absolute atomic E-state index is 10.4. The average Bonchev–Trinajstić information content (AvgIpc) is 2.15. The van der Waals surface area contributed by atoms with Gasteiger partial charge in [-0.3, -0.25) is 4.79 Å². The summed E-state index contributed by atoms with van der Waals surface area (Å²) in [7, 11) is 0. The molecule has 1 heterocycles. The number of aliphatic carboxylic acids is 1. The summed E-state index contributed by atoms with van der Waals surface area (Å²) < 4.78 is 0. The van der Waals surface area contributed by atoms with Gasteiger partial charge in [-0.2, -0.15) is 0 Å². The lowest BCUT2D eigenvalue weighted by atomic mass is 10.0. The Morgan fingerprint density at radius 1 is 1.50 bits per heavy atom. The molecule has 14 heavy (non-hydrogen) atoms. The van der Waals surface area contributed by atoms with E-state index in [1.165, 1.54) is 0 Å². The van der Waals surface area contributed by atoms with E-state index in [2.05, 4.69) is 11.8 Å². The largest absolute Gasteiger partial charge is 0.481 e. The lowest BCUT2D eigenvalue weighted by molar-refractivity contribution is -0.137. The fourth-order valence-corrected chi connectivity index (χ4v) is 1.84. The molecule has 0 radical (unpaired) electrons. The fourth-order valence-electron chi connectivity index (χ4n) is 1.84. The van der Waals surface area contributed by atoms with Crippen LogP contribution in [0.1, 0.15) is 32.6 Å². The van der Waals surface area contributed by atoms with E-state index in [0.717, 1.165) is 25.9 Å². The molecule has 1 rings (SSSR count). The Labute approximate surface area is 84.5 Å². The van der Waals surface area contributed by atoms with Crippen LogP contribution in [0, 0.1) is 0 Å². The monoisotopic (exact) mass is 201 g/mol. The van der Waals surface area contributed by atoms with Crippen LogP contribution in [0.4, 0.5) is 0 Å². The van der Waals surface area contributed by atoms with Crippen LogP contribution in [0.5, 0.6) is 0 Å². The van der Waals surface area contributed by atoms with Crippen molar-refractivity contribution in [3.63, 3.8) is 0 Å². The number of hydrogen-bond acceptors (Lipinski definition) is 3. The minimum Gasteiger partial charge on any atom is -0.481 e. The zero-order valence-corrected chi connectivity index (χ0v) is 8.65. The van der Waals surface area contributed by atoms with E-state index in [4.69, 9.17) is 5.11 Å². The van der Waals surface area contributed by atoms with Gasteiger partial charge < -0.3 is 15.1 Å². The van der Waals surface area contributed by atoms with Crippen molar-refractivity contribution in [2.24, 2.45) is 0 Å². The fraction of sp³-hybridized carbons (Fsp3) is 0.900. The molecule has 1 aliphatic heterocycles. The molecule has 1 saturated heterocycles. The molecule has 1 aliphatic rings. The van der Waals surface area contributed by atoms with E-state index in [1.54, 1.807) is 0 Å². The van der Waals surface area contributed by atoms with E-state index < -0.39 is 5.97 Å². The van der Waals surface area contributed by atoms with Crippen molar-refractivity contribution in [2.75, 3.05) is 13.1 Å². The molecule has 0 amide bonds. The van der Waals surface area contributed by atoms with E-state index in [-0.39, 0.29) is 12.5 Å². The van der Waals surface area contributed by atoms with Gasteiger partial charge in [0.05, 0.1) is 6.10 Å². The van der Waals surface area contributed by atoms with Crippen LogP contribution < -0.4 is 0 Å². The molecule has 1 unspecified atom stereocenters. The highest BCUT2D eigenvalue weighted by Gasteiger charge is 2.21. The Balaban J connectivity index is 2.23. The molecule has 1 atom stereocenters. The topological polar surface area (TPSA) is 60.8 Å². The summed E-state index contributed by atoms with van der Waals surface area (Å²) in [6, 6.07) is 0.318. The zero-order valence-electron chi connectivity index (χ0n) is 8.65. The van der Waals surface area contributed by atoms with Gasteiger partial charge >= 0.3 is 5.97 Å². The molecule has 4 nitrogen and oxygen atoms in total.